The van der Waals surface area contributed by atoms with Crippen molar-refractivity contribution in [3.63, 3.8) is 0 Å². The molecule has 7 heteroatoms. The highest BCUT2D eigenvalue weighted by atomic mass is 19.4. The van der Waals surface area contributed by atoms with Gasteiger partial charge < -0.3 is 4.90 Å². The zero-order chi connectivity index (χ0) is 21.5. The molecule has 158 valence electrons. The van der Waals surface area contributed by atoms with Crippen molar-refractivity contribution in [2.24, 2.45) is 0 Å². The van der Waals surface area contributed by atoms with E-state index in [0.29, 0.717) is 18.5 Å². The van der Waals surface area contributed by atoms with Crippen LogP contribution < -0.4 is 4.90 Å². The summed E-state index contributed by atoms with van der Waals surface area (Å²) in [6.45, 7) is 0. The van der Waals surface area contributed by atoms with Crippen LogP contribution in [0.2, 0.25) is 0 Å². The van der Waals surface area contributed by atoms with Crippen LogP contribution in [-0.4, -0.2) is 6.04 Å². The van der Waals surface area contributed by atoms with Crippen molar-refractivity contribution < 1.29 is 26.3 Å². The maximum absolute atomic E-state index is 13.4. The normalized spacial score (nSPS) is 15.7. The van der Waals surface area contributed by atoms with E-state index in [1.54, 1.807) is 11.0 Å². The number of nitrogens with zero attached hydrogens (tertiary/aromatic N) is 1. The average molecular weight is 423 g/mol. The predicted molar refractivity (Wildman–Crippen MR) is 105 cm³/mol. The number of anilines is 2. The van der Waals surface area contributed by atoms with E-state index in [-0.39, 0.29) is 17.8 Å². The Labute approximate surface area is 169 Å². The molecule has 0 unspecified atom stereocenters. The maximum Gasteiger partial charge on any atom is 0.416 e. The van der Waals surface area contributed by atoms with E-state index in [4.69, 9.17) is 0 Å². The molecule has 0 radical (unpaired) electrons. The Bertz CT molecular complexity index is 1020. The Hall–Kier alpha value is -2.70. The van der Waals surface area contributed by atoms with Crippen LogP contribution in [0, 0.1) is 0 Å². The molecule has 0 spiro atoms. The van der Waals surface area contributed by atoms with Crippen LogP contribution in [0.1, 0.15) is 36.8 Å². The van der Waals surface area contributed by atoms with Gasteiger partial charge in [-0.05, 0) is 53.9 Å². The lowest BCUT2D eigenvalue weighted by Crippen LogP contribution is -2.29. The molecule has 0 aromatic heterocycles. The van der Waals surface area contributed by atoms with E-state index >= 15 is 0 Å². The number of fused-ring (bicyclic) bond motifs is 1. The Morgan fingerprint density at radius 1 is 0.633 bits per heavy atom. The van der Waals surface area contributed by atoms with Gasteiger partial charge in [0.15, 0.2) is 0 Å². The highest BCUT2D eigenvalue weighted by Crippen LogP contribution is 2.42. The summed E-state index contributed by atoms with van der Waals surface area (Å²) in [6, 6.07) is 14.6. The largest absolute Gasteiger partial charge is 0.416 e. The third kappa shape index (κ3) is 4.11. The monoisotopic (exact) mass is 423 g/mol. The van der Waals surface area contributed by atoms with Gasteiger partial charge in [0.25, 0.3) is 0 Å². The fourth-order valence-electron chi connectivity index (χ4n) is 4.14. The Morgan fingerprint density at radius 3 is 1.77 bits per heavy atom. The number of hydrogen-bond donors (Lipinski definition) is 0. The molecule has 3 aromatic carbocycles. The smallest absolute Gasteiger partial charge is 0.338 e. The van der Waals surface area contributed by atoms with Crippen molar-refractivity contribution >= 4 is 22.1 Å². The maximum atomic E-state index is 13.4. The summed E-state index contributed by atoms with van der Waals surface area (Å²) in [7, 11) is 0. The van der Waals surface area contributed by atoms with Gasteiger partial charge in [-0.1, -0.05) is 43.2 Å². The van der Waals surface area contributed by atoms with Gasteiger partial charge in [-0.25, -0.2) is 0 Å². The molecular weight excluding hydrogens is 404 g/mol. The second-order valence-electron chi connectivity index (χ2n) is 7.60. The number of benzene rings is 3. The van der Waals surface area contributed by atoms with Crippen molar-refractivity contribution in [2.75, 3.05) is 4.90 Å². The third-order valence-electron chi connectivity index (χ3n) is 5.55. The van der Waals surface area contributed by atoms with E-state index in [0.717, 1.165) is 35.7 Å². The van der Waals surface area contributed by atoms with Gasteiger partial charge in [0, 0.05) is 17.4 Å². The Balaban J connectivity index is 1.90. The van der Waals surface area contributed by atoms with Crippen molar-refractivity contribution in [3.8, 4) is 0 Å². The first kappa shape index (κ1) is 20.6. The number of rotatable bonds is 3. The molecular formula is C23H19F6N. The molecule has 3 aromatic rings. The zero-order valence-electron chi connectivity index (χ0n) is 15.9. The molecule has 1 saturated carbocycles. The summed E-state index contributed by atoms with van der Waals surface area (Å²) in [6.07, 6.45) is -6.55. The SMILES string of the molecule is FC(F)(F)c1cc(N(c2ccc3ccccc3c2)C2CCCC2)cc(C(F)(F)F)c1. The lowest BCUT2D eigenvalue weighted by atomic mass is 10.0. The van der Waals surface area contributed by atoms with Gasteiger partial charge >= 0.3 is 12.4 Å². The molecule has 0 saturated heterocycles. The summed E-state index contributed by atoms with van der Waals surface area (Å²) in [5.74, 6) is 0. The second kappa shape index (κ2) is 7.52. The van der Waals surface area contributed by atoms with E-state index in [2.05, 4.69) is 0 Å². The van der Waals surface area contributed by atoms with Gasteiger partial charge in [-0.2, -0.15) is 26.3 Å². The topological polar surface area (TPSA) is 3.24 Å². The molecule has 1 fully saturated rings. The van der Waals surface area contributed by atoms with Gasteiger partial charge in [0.2, 0.25) is 0 Å². The highest BCUT2D eigenvalue weighted by molar-refractivity contribution is 5.87. The van der Waals surface area contributed by atoms with Crippen molar-refractivity contribution in [1.29, 1.82) is 0 Å². The fourth-order valence-corrected chi connectivity index (χ4v) is 4.14. The molecule has 4 rings (SSSR count). The number of halogens is 6. The molecule has 1 aliphatic carbocycles. The van der Waals surface area contributed by atoms with E-state index in [1.807, 2.05) is 36.4 Å². The first-order valence-corrected chi connectivity index (χ1v) is 9.70. The molecule has 30 heavy (non-hydrogen) atoms. The minimum Gasteiger partial charge on any atom is -0.338 e. The summed E-state index contributed by atoms with van der Waals surface area (Å²) in [5, 5.41) is 1.83. The average Bonchev–Trinajstić information content (AvgIpc) is 3.21. The van der Waals surface area contributed by atoms with Crippen LogP contribution in [0.15, 0.2) is 60.7 Å². The van der Waals surface area contributed by atoms with Gasteiger partial charge in [0.05, 0.1) is 11.1 Å². The zero-order valence-corrected chi connectivity index (χ0v) is 15.9. The van der Waals surface area contributed by atoms with E-state index in [1.165, 1.54) is 0 Å². The van der Waals surface area contributed by atoms with Crippen LogP contribution in [0.5, 0.6) is 0 Å². The summed E-state index contributed by atoms with van der Waals surface area (Å²) < 4.78 is 80.4. The van der Waals surface area contributed by atoms with Gasteiger partial charge in [0.1, 0.15) is 0 Å². The standard InChI is InChI=1S/C23H19F6N/c24-22(25,26)17-12-18(23(27,28)29)14-21(13-17)30(19-7-3-4-8-19)20-10-9-15-5-1-2-6-16(15)11-20/h1-2,5-6,9-14,19H,3-4,7-8H2. The molecule has 1 nitrogen and oxygen atoms in total. The van der Waals surface area contributed by atoms with Crippen LogP contribution in [0.4, 0.5) is 37.7 Å². The summed E-state index contributed by atoms with van der Waals surface area (Å²) >= 11 is 0. The van der Waals surface area contributed by atoms with Crippen LogP contribution in [-0.2, 0) is 12.4 Å². The predicted octanol–water partition coefficient (Wildman–Crippen LogP) is 7.96. The first-order chi connectivity index (χ1) is 14.1. The number of alkyl halides is 6. The van der Waals surface area contributed by atoms with Crippen LogP contribution >= 0.6 is 0 Å². The van der Waals surface area contributed by atoms with E-state index < -0.39 is 23.5 Å². The van der Waals surface area contributed by atoms with Crippen LogP contribution in [0.3, 0.4) is 0 Å². The fraction of sp³-hybridized carbons (Fsp3) is 0.304. The second-order valence-corrected chi connectivity index (χ2v) is 7.60. The molecule has 0 heterocycles. The molecule has 0 N–H and O–H groups in total. The molecule has 0 bridgehead atoms. The number of hydrogen-bond acceptors (Lipinski definition) is 1. The molecule has 0 atom stereocenters. The highest BCUT2D eigenvalue weighted by Gasteiger charge is 2.38. The quantitative estimate of drug-likeness (QED) is 0.386. The molecule has 1 aliphatic rings. The Kier molecular flexibility index (Phi) is 5.16. The minimum atomic E-state index is -4.87. The summed E-state index contributed by atoms with van der Waals surface area (Å²) in [4.78, 5) is 1.64. The minimum absolute atomic E-state index is 0.0840. The lowest BCUT2D eigenvalue weighted by molar-refractivity contribution is -0.143. The van der Waals surface area contributed by atoms with Crippen molar-refractivity contribution in [3.05, 3.63) is 71.8 Å². The third-order valence-corrected chi connectivity index (χ3v) is 5.55. The van der Waals surface area contributed by atoms with Crippen LogP contribution in [0.25, 0.3) is 10.8 Å². The Morgan fingerprint density at radius 2 is 1.20 bits per heavy atom. The van der Waals surface area contributed by atoms with Crippen molar-refractivity contribution in [1.82, 2.24) is 0 Å². The van der Waals surface area contributed by atoms with Gasteiger partial charge in [-0.3, -0.25) is 0 Å². The van der Waals surface area contributed by atoms with Crippen molar-refractivity contribution in [2.45, 2.75) is 44.1 Å². The molecule has 0 amide bonds. The molecule has 0 aliphatic heterocycles. The first-order valence-electron chi connectivity index (χ1n) is 9.70. The summed E-state index contributed by atoms with van der Waals surface area (Å²) in [5.41, 5.74) is -2.08. The van der Waals surface area contributed by atoms with Gasteiger partial charge in [-0.15, -0.1) is 0 Å². The van der Waals surface area contributed by atoms with E-state index in [9.17, 15) is 26.3 Å². The lowest BCUT2D eigenvalue weighted by Gasteiger charge is -2.32.